The summed E-state index contributed by atoms with van der Waals surface area (Å²) in [6.45, 7) is 8.79. The molecule has 5 aliphatic heterocycles. The van der Waals surface area contributed by atoms with Gasteiger partial charge in [-0.1, -0.05) is 32.4 Å². The van der Waals surface area contributed by atoms with Crippen molar-refractivity contribution in [3.05, 3.63) is 11.6 Å². The van der Waals surface area contributed by atoms with E-state index in [-0.39, 0.29) is 36.0 Å². The van der Waals surface area contributed by atoms with Gasteiger partial charge in [0.15, 0.2) is 30.9 Å². The van der Waals surface area contributed by atoms with Crippen molar-refractivity contribution in [2.24, 2.45) is 34.5 Å². The summed E-state index contributed by atoms with van der Waals surface area (Å²) in [4.78, 5) is 0. The Hall–Kier alpha value is -1.22. The van der Waals surface area contributed by atoms with Gasteiger partial charge in [0.1, 0.15) is 91.1 Å². The number of fused-ring (bicyclic) bond motifs is 7. The van der Waals surface area contributed by atoms with Crippen molar-refractivity contribution in [3.8, 4) is 0 Å². The second-order valence-electron chi connectivity index (χ2n) is 24.2. The summed E-state index contributed by atoms with van der Waals surface area (Å²) in [7, 11) is 0. The van der Waals surface area contributed by atoms with Crippen molar-refractivity contribution in [1.82, 2.24) is 0 Å². The summed E-state index contributed by atoms with van der Waals surface area (Å²) in [6.07, 6.45) is -24.7. The van der Waals surface area contributed by atoms with Crippen LogP contribution in [0.1, 0.15) is 99.3 Å². The van der Waals surface area contributed by atoms with Crippen molar-refractivity contribution in [1.29, 1.82) is 0 Å². The van der Waals surface area contributed by atoms with Gasteiger partial charge in [0.05, 0.1) is 49.8 Å². The van der Waals surface area contributed by atoms with Crippen LogP contribution in [-0.2, 0) is 42.6 Å². The van der Waals surface area contributed by atoms with Gasteiger partial charge in [0, 0.05) is 17.8 Å². The molecular weight excluding hydrogens is 997 g/mol. The molecule has 0 radical (unpaired) electrons. The molecule has 24 heteroatoms. The van der Waals surface area contributed by atoms with Gasteiger partial charge >= 0.3 is 0 Å². The van der Waals surface area contributed by atoms with Crippen LogP contribution in [0, 0.1) is 34.5 Å². The molecule has 0 bridgehead atoms. The smallest absolute Gasteiger partial charge is 0.187 e. The van der Waals surface area contributed by atoms with E-state index in [0.717, 1.165) is 6.42 Å². The van der Waals surface area contributed by atoms with Crippen molar-refractivity contribution in [3.63, 3.8) is 0 Å². The number of hydrogen-bond acceptors (Lipinski definition) is 24. The van der Waals surface area contributed by atoms with Crippen LogP contribution in [0.25, 0.3) is 0 Å². The number of aliphatic hydroxyl groups is 15. The number of allylic oxidation sites excluding steroid dienone is 1. The maximum absolute atomic E-state index is 12.9. The van der Waals surface area contributed by atoms with Gasteiger partial charge in [0.25, 0.3) is 0 Å². The minimum atomic E-state index is -1.81. The van der Waals surface area contributed by atoms with Gasteiger partial charge in [-0.25, -0.2) is 0 Å². The molecule has 0 aromatic carbocycles. The summed E-state index contributed by atoms with van der Waals surface area (Å²) in [5, 5.41) is 163. The summed E-state index contributed by atoms with van der Waals surface area (Å²) in [6, 6.07) is 0. The molecule has 5 saturated heterocycles. The Labute approximate surface area is 435 Å². The number of aliphatic hydroxyl groups excluding tert-OH is 12. The SMILES string of the molecule is CC1OC(OC2C(CO)OC(OC3CCC4(C)C(=CCC5C4CCC4(C)C5CC5OC(O)(CCC(C)(O)COC6OC(CO)C(O)C(O)C6O)C(C)C54O)C3)C(OC3OC(C)C(O)C(O)C3O)C2O)C(O)C(O)C1O. The highest BCUT2D eigenvalue weighted by Gasteiger charge is 2.75. The standard InChI is InChI=1S/C51H84O24/c1-20-31(54)34(57)38(61)44(68-20)73-41-29(18-53)72-46(42(40(41)63)74-45-39(62)35(58)32(55)21(2)69-45)70-24-9-11-48(5)23(15-24)7-8-25-26(48)10-12-49(6)27(25)16-30-51(49,66)22(3)50(65,75-30)14-13-47(4,64)19-67-43-37(60)36(59)33(56)28(17-52)71-43/h7,20-22,24-46,52-66H,8-19H2,1-6H3. The molecule has 432 valence electrons. The molecule has 31 unspecified atom stereocenters. The minimum absolute atomic E-state index is 0.0360. The monoisotopic (exact) mass is 1080 g/mol. The highest BCUT2D eigenvalue weighted by Crippen LogP contribution is 2.71. The molecule has 15 N–H and O–H groups in total. The molecule has 31 atom stereocenters. The summed E-state index contributed by atoms with van der Waals surface area (Å²) in [5.41, 5.74) is -2.74. The van der Waals surface area contributed by atoms with Crippen LogP contribution in [0.2, 0.25) is 0 Å². The lowest BCUT2D eigenvalue weighted by Crippen LogP contribution is -2.66. The van der Waals surface area contributed by atoms with E-state index in [2.05, 4.69) is 19.9 Å². The third-order valence-electron chi connectivity index (χ3n) is 19.8. The van der Waals surface area contributed by atoms with E-state index in [1.54, 1.807) is 6.92 Å². The van der Waals surface area contributed by atoms with Crippen LogP contribution in [0.15, 0.2) is 11.6 Å². The second-order valence-corrected chi connectivity index (χ2v) is 24.2. The van der Waals surface area contributed by atoms with Gasteiger partial charge in [-0.3, -0.25) is 0 Å². The largest absolute Gasteiger partial charge is 0.394 e. The first-order valence-electron chi connectivity index (χ1n) is 26.9. The Morgan fingerprint density at radius 2 is 1.21 bits per heavy atom. The fourth-order valence-electron chi connectivity index (χ4n) is 14.9. The predicted molar refractivity (Wildman–Crippen MR) is 252 cm³/mol. The lowest BCUT2D eigenvalue weighted by Gasteiger charge is -2.59. The van der Waals surface area contributed by atoms with E-state index >= 15 is 0 Å². The number of hydrogen-bond donors (Lipinski definition) is 15. The van der Waals surface area contributed by atoms with Crippen LogP contribution < -0.4 is 0 Å². The van der Waals surface area contributed by atoms with Crippen LogP contribution in [-0.4, -0.2) is 248 Å². The summed E-state index contributed by atoms with van der Waals surface area (Å²) >= 11 is 0. The zero-order valence-corrected chi connectivity index (χ0v) is 43.5. The van der Waals surface area contributed by atoms with Crippen molar-refractivity contribution in [2.75, 3.05) is 19.8 Å². The Morgan fingerprint density at radius 3 is 1.83 bits per heavy atom. The van der Waals surface area contributed by atoms with E-state index in [1.165, 1.54) is 26.3 Å². The lowest BCUT2D eigenvalue weighted by atomic mass is 9.46. The Kier molecular flexibility index (Phi) is 16.8. The Bertz CT molecular complexity index is 2000. The van der Waals surface area contributed by atoms with E-state index in [9.17, 15) is 76.6 Å². The molecular formula is C51H84O24. The predicted octanol–water partition coefficient (Wildman–Crippen LogP) is -3.75. The molecule has 3 saturated carbocycles. The first-order chi connectivity index (χ1) is 35.1. The Morgan fingerprint density at radius 1 is 0.640 bits per heavy atom. The van der Waals surface area contributed by atoms with Gasteiger partial charge in [-0.15, -0.1) is 0 Å². The van der Waals surface area contributed by atoms with E-state index in [1.807, 2.05) is 0 Å². The first-order valence-corrected chi connectivity index (χ1v) is 26.9. The highest BCUT2D eigenvalue weighted by molar-refractivity contribution is 5.29. The topological polar surface area (TPSA) is 387 Å². The van der Waals surface area contributed by atoms with Crippen molar-refractivity contribution in [2.45, 2.75) is 251 Å². The van der Waals surface area contributed by atoms with Crippen LogP contribution >= 0.6 is 0 Å². The summed E-state index contributed by atoms with van der Waals surface area (Å²) < 4.78 is 54.0. The fraction of sp³-hybridized carbons (Fsp3) is 0.961. The minimum Gasteiger partial charge on any atom is -0.394 e. The normalized spacial score (nSPS) is 55.8. The van der Waals surface area contributed by atoms with E-state index in [0.29, 0.717) is 38.5 Å². The van der Waals surface area contributed by atoms with Gasteiger partial charge in [-0.05, 0) is 95.3 Å². The van der Waals surface area contributed by atoms with Gasteiger partial charge in [0.2, 0.25) is 0 Å². The molecule has 8 fully saturated rings. The first kappa shape index (κ1) is 58.4. The number of ether oxygens (including phenoxy) is 9. The Balaban J connectivity index is 0.864. The molecule has 5 heterocycles. The molecule has 0 aromatic heterocycles. The average molecular weight is 1080 g/mol. The second kappa shape index (κ2) is 21.6. The molecule has 9 rings (SSSR count). The van der Waals surface area contributed by atoms with Crippen LogP contribution in [0.4, 0.5) is 0 Å². The molecule has 0 spiro atoms. The molecule has 0 amide bonds. The van der Waals surface area contributed by atoms with Crippen LogP contribution in [0.5, 0.6) is 0 Å². The van der Waals surface area contributed by atoms with Crippen molar-refractivity contribution >= 4 is 0 Å². The third kappa shape index (κ3) is 10.0. The zero-order valence-electron chi connectivity index (χ0n) is 43.5. The molecule has 0 aromatic rings. The summed E-state index contributed by atoms with van der Waals surface area (Å²) in [5.74, 6) is -2.13. The lowest BCUT2D eigenvalue weighted by molar-refractivity contribution is -0.388. The van der Waals surface area contributed by atoms with E-state index < -0.39 is 183 Å². The maximum atomic E-state index is 12.9. The zero-order chi connectivity index (χ0) is 54.6. The number of rotatable bonds is 14. The van der Waals surface area contributed by atoms with Gasteiger partial charge < -0.3 is 119 Å². The molecule has 4 aliphatic carbocycles. The van der Waals surface area contributed by atoms with Crippen molar-refractivity contribution < 1.29 is 119 Å². The third-order valence-corrected chi connectivity index (χ3v) is 19.8. The average Bonchev–Trinajstić information content (AvgIpc) is 3.76. The highest BCUT2D eigenvalue weighted by atomic mass is 16.8. The van der Waals surface area contributed by atoms with E-state index in [4.69, 9.17) is 42.6 Å². The molecule has 24 nitrogen and oxygen atoms in total. The fourth-order valence-corrected chi connectivity index (χ4v) is 14.9. The molecule has 9 aliphatic rings. The quantitative estimate of drug-likeness (QED) is 0.0743. The van der Waals surface area contributed by atoms with Gasteiger partial charge in [-0.2, -0.15) is 0 Å². The maximum Gasteiger partial charge on any atom is 0.187 e. The molecule has 75 heavy (non-hydrogen) atoms. The van der Waals surface area contributed by atoms with Crippen LogP contribution in [0.3, 0.4) is 0 Å².